The van der Waals surface area contributed by atoms with Crippen molar-refractivity contribution in [1.82, 2.24) is 0 Å². The van der Waals surface area contributed by atoms with Crippen molar-refractivity contribution in [1.29, 1.82) is 0 Å². The molecule has 0 radical (unpaired) electrons. The molecule has 0 aliphatic rings. The van der Waals surface area contributed by atoms with Gasteiger partial charge < -0.3 is 15.2 Å². The average Bonchev–Trinajstić information content (AvgIpc) is 2.27. The average molecular weight is 257 g/mol. The van der Waals surface area contributed by atoms with Crippen LogP contribution in [-0.4, -0.2) is 23.7 Å². The zero-order valence-corrected chi connectivity index (χ0v) is 10.7. The Balaban J connectivity index is 3.04. The maximum atomic E-state index is 11.4. The molecule has 0 fully saturated rings. The van der Waals surface area contributed by atoms with Crippen LogP contribution in [0.5, 0.6) is 5.75 Å². The van der Waals surface area contributed by atoms with Crippen molar-refractivity contribution in [2.24, 2.45) is 5.73 Å². The number of primary amides is 1. The van der Waals surface area contributed by atoms with Crippen LogP contribution in [0.2, 0.25) is 0 Å². The molecule has 0 saturated heterocycles. The van der Waals surface area contributed by atoms with Gasteiger partial charge in [0.1, 0.15) is 11.9 Å². The number of benzene rings is 1. The molecule has 1 amide bonds. The molecule has 1 aromatic rings. The summed E-state index contributed by atoms with van der Waals surface area (Å²) in [7, 11) is 0.365. The second-order valence-corrected chi connectivity index (χ2v) is 4.79. The molecule has 0 aromatic heterocycles. The number of hydrogen-bond acceptors (Lipinski definition) is 4. The largest absolute Gasteiger partial charge is 0.495 e. The number of methoxy groups -OCH3 is 1. The molecule has 17 heavy (non-hydrogen) atoms. The van der Waals surface area contributed by atoms with Gasteiger partial charge >= 0.3 is 6.09 Å². The lowest BCUT2D eigenvalue weighted by Gasteiger charge is -2.14. The topological polar surface area (TPSA) is 78.6 Å². The molecular formula is C11H15NO4S. The first kappa shape index (κ1) is 13.5. The molecule has 1 rings (SSSR count). The lowest BCUT2D eigenvalue weighted by molar-refractivity contribution is 0.116. The predicted molar refractivity (Wildman–Crippen MR) is 64.4 cm³/mol. The Kier molecular flexibility index (Phi) is 4.51. The summed E-state index contributed by atoms with van der Waals surface area (Å²) in [6.07, 6.45) is 0.265. The lowest BCUT2D eigenvalue weighted by atomic mass is 10.1. The van der Waals surface area contributed by atoms with Crippen molar-refractivity contribution in [3.8, 4) is 5.75 Å². The fraction of sp³-hybridized carbons (Fsp3) is 0.364. The van der Waals surface area contributed by atoms with Crippen LogP contribution in [0.3, 0.4) is 0 Å². The van der Waals surface area contributed by atoms with Crippen molar-refractivity contribution < 1.29 is 18.5 Å². The van der Waals surface area contributed by atoms with E-state index in [0.29, 0.717) is 10.6 Å². The maximum Gasteiger partial charge on any atom is 0.405 e. The van der Waals surface area contributed by atoms with E-state index in [1.165, 1.54) is 7.11 Å². The van der Waals surface area contributed by atoms with E-state index in [1.807, 2.05) is 0 Å². The van der Waals surface area contributed by atoms with Crippen LogP contribution in [0, 0.1) is 0 Å². The summed E-state index contributed by atoms with van der Waals surface area (Å²) in [5.41, 5.74) is 5.67. The summed E-state index contributed by atoms with van der Waals surface area (Å²) < 4.78 is 21.4. The Hall–Kier alpha value is -1.56. The minimum atomic E-state index is -1.13. The molecule has 2 N–H and O–H groups in total. The van der Waals surface area contributed by atoms with Crippen LogP contribution < -0.4 is 10.5 Å². The molecule has 0 saturated carbocycles. The third-order valence-corrected chi connectivity index (χ3v) is 3.22. The summed E-state index contributed by atoms with van der Waals surface area (Å²) in [4.78, 5) is 11.2. The molecular weight excluding hydrogens is 242 g/mol. The highest BCUT2D eigenvalue weighted by Crippen LogP contribution is 2.27. The minimum absolute atomic E-state index is 0.472. The number of rotatable bonds is 4. The number of ether oxygens (including phenoxy) is 2. The van der Waals surface area contributed by atoms with Gasteiger partial charge in [0, 0.05) is 6.26 Å². The van der Waals surface area contributed by atoms with Gasteiger partial charge in [0.25, 0.3) is 0 Å². The SMILES string of the molecule is COc1cc(C(C)OC(N)=O)ccc1S(C)=O. The van der Waals surface area contributed by atoms with E-state index >= 15 is 0 Å². The molecule has 1 aromatic carbocycles. The summed E-state index contributed by atoms with van der Waals surface area (Å²) in [5, 5.41) is 0. The first-order chi connectivity index (χ1) is 7.95. The van der Waals surface area contributed by atoms with E-state index in [1.54, 1.807) is 31.4 Å². The minimum Gasteiger partial charge on any atom is -0.495 e. The normalized spacial score (nSPS) is 13.8. The van der Waals surface area contributed by atoms with Crippen LogP contribution in [0.25, 0.3) is 0 Å². The molecule has 2 unspecified atom stereocenters. The van der Waals surface area contributed by atoms with Crippen LogP contribution in [0.1, 0.15) is 18.6 Å². The van der Waals surface area contributed by atoms with Gasteiger partial charge in [-0.05, 0) is 24.6 Å². The summed E-state index contributed by atoms with van der Waals surface area (Å²) in [5.74, 6) is 0.503. The second kappa shape index (κ2) is 5.67. The third-order valence-electron chi connectivity index (χ3n) is 2.26. The van der Waals surface area contributed by atoms with Gasteiger partial charge in [-0.2, -0.15) is 0 Å². The van der Waals surface area contributed by atoms with Gasteiger partial charge in [-0.15, -0.1) is 0 Å². The number of carbonyl (C=O) groups is 1. The Labute approximate surface area is 102 Å². The fourth-order valence-electron chi connectivity index (χ4n) is 1.42. The van der Waals surface area contributed by atoms with Crippen LogP contribution in [-0.2, 0) is 15.5 Å². The van der Waals surface area contributed by atoms with Crippen molar-refractivity contribution >= 4 is 16.9 Å². The second-order valence-electron chi connectivity index (χ2n) is 3.44. The van der Waals surface area contributed by atoms with E-state index in [2.05, 4.69) is 0 Å². The molecule has 6 heteroatoms. The lowest BCUT2D eigenvalue weighted by Crippen LogP contribution is -2.15. The van der Waals surface area contributed by atoms with Crippen molar-refractivity contribution in [2.45, 2.75) is 17.9 Å². The van der Waals surface area contributed by atoms with Gasteiger partial charge in [-0.25, -0.2) is 4.79 Å². The molecule has 0 aliphatic carbocycles. The highest BCUT2D eigenvalue weighted by Gasteiger charge is 2.13. The van der Waals surface area contributed by atoms with Crippen LogP contribution >= 0.6 is 0 Å². The fourth-order valence-corrected chi connectivity index (χ4v) is 2.10. The van der Waals surface area contributed by atoms with Crippen LogP contribution in [0.15, 0.2) is 23.1 Å². The highest BCUT2D eigenvalue weighted by molar-refractivity contribution is 7.84. The zero-order valence-electron chi connectivity index (χ0n) is 9.93. The number of hydrogen-bond donors (Lipinski definition) is 1. The van der Waals surface area contributed by atoms with E-state index in [4.69, 9.17) is 15.2 Å². The van der Waals surface area contributed by atoms with E-state index in [0.717, 1.165) is 5.56 Å². The first-order valence-corrected chi connectivity index (χ1v) is 6.49. The summed E-state index contributed by atoms with van der Waals surface area (Å²) in [6, 6.07) is 5.10. The van der Waals surface area contributed by atoms with Gasteiger partial charge in [-0.3, -0.25) is 4.21 Å². The molecule has 0 heterocycles. The van der Waals surface area contributed by atoms with Crippen molar-refractivity contribution in [2.75, 3.05) is 13.4 Å². The number of nitrogens with two attached hydrogens (primary N) is 1. The van der Waals surface area contributed by atoms with Crippen LogP contribution in [0.4, 0.5) is 4.79 Å². The smallest absolute Gasteiger partial charge is 0.405 e. The Morgan fingerprint density at radius 3 is 2.59 bits per heavy atom. The molecule has 94 valence electrons. The third kappa shape index (κ3) is 3.45. The summed E-state index contributed by atoms with van der Waals surface area (Å²) >= 11 is 0. The van der Waals surface area contributed by atoms with E-state index < -0.39 is 23.0 Å². The molecule has 0 aliphatic heterocycles. The predicted octanol–water partition coefficient (Wildman–Crippen LogP) is 1.59. The first-order valence-electron chi connectivity index (χ1n) is 4.93. The molecule has 2 atom stereocenters. The maximum absolute atomic E-state index is 11.4. The Bertz CT molecular complexity index is 447. The molecule has 0 bridgehead atoms. The van der Waals surface area contributed by atoms with Gasteiger partial charge in [0.15, 0.2) is 0 Å². The monoisotopic (exact) mass is 257 g/mol. The molecule has 5 nitrogen and oxygen atoms in total. The van der Waals surface area contributed by atoms with E-state index in [9.17, 15) is 9.00 Å². The van der Waals surface area contributed by atoms with Gasteiger partial charge in [-0.1, -0.05) is 6.07 Å². The van der Waals surface area contributed by atoms with Gasteiger partial charge in [0.05, 0.1) is 22.8 Å². The number of amides is 1. The zero-order chi connectivity index (χ0) is 13.0. The van der Waals surface area contributed by atoms with Crippen molar-refractivity contribution in [3.05, 3.63) is 23.8 Å². The van der Waals surface area contributed by atoms with Gasteiger partial charge in [0.2, 0.25) is 0 Å². The highest BCUT2D eigenvalue weighted by atomic mass is 32.2. The quantitative estimate of drug-likeness (QED) is 0.888. The molecule has 0 spiro atoms. The Morgan fingerprint density at radius 2 is 2.12 bits per heavy atom. The Morgan fingerprint density at radius 1 is 1.47 bits per heavy atom. The van der Waals surface area contributed by atoms with Crippen molar-refractivity contribution in [3.63, 3.8) is 0 Å². The number of carbonyl (C=O) groups excluding carboxylic acids is 1. The summed E-state index contributed by atoms with van der Waals surface area (Å²) in [6.45, 7) is 1.70. The van der Waals surface area contributed by atoms with E-state index in [-0.39, 0.29) is 0 Å². The standard InChI is InChI=1S/C11H15NO4S/c1-7(16-11(12)13)8-4-5-10(17(3)14)9(6-8)15-2/h4-7H,1-3H3,(H2,12,13).